The Kier molecular flexibility index (Phi) is 4.77. The van der Waals surface area contributed by atoms with Gasteiger partial charge in [-0.2, -0.15) is 0 Å². The van der Waals surface area contributed by atoms with Gasteiger partial charge in [0.15, 0.2) is 0 Å². The predicted molar refractivity (Wildman–Crippen MR) is 70.8 cm³/mol. The van der Waals surface area contributed by atoms with Gasteiger partial charge in [-0.15, -0.1) is 0 Å². The fourth-order valence-corrected chi connectivity index (χ4v) is 2.69. The van der Waals surface area contributed by atoms with Crippen molar-refractivity contribution in [2.75, 3.05) is 10.5 Å². The summed E-state index contributed by atoms with van der Waals surface area (Å²) >= 11 is 5.77. The fraction of sp³-hybridized carbons (Fsp3) is 0.545. The Bertz CT molecular complexity index is 486. The number of halogens is 1. The van der Waals surface area contributed by atoms with Crippen molar-refractivity contribution in [3.63, 3.8) is 0 Å². The normalized spacial score (nSPS) is 11.8. The van der Waals surface area contributed by atoms with Crippen LogP contribution in [0.5, 0.6) is 0 Å². The number of nitrogens with zero attached hydrogens (tertiary/aromatic N) is 1. The number of hydrogen-bond donors (Lipinski definition) is 1. The molecule has 4 nitrogen and oxygen atoms in total. The number of anilines is 1. The second-order valence-electron chi connectivity index (χ2n) is 4.44. The molecule has 0 amide bonds. The van der Waals surface area contributed by atoms with Crippen LogP contribution in [0, 0.1) is 12.8 Å². The van der Waals surface area contributed by atoms with Gasteiger partial charge >= 0.3 is 0 Å². The lowest BCUT2D eigenvalue weighted by atomic mass is 10.2. The second kappa shape index (κ2) is 5.69. The molecule has 1 rings (SSSR count). The summed E-state index contributed by atoms with van der Waals surface area (Å²) in [7, 11) is -3.29. The molecule has 0 radical (unpaired) electrons. The molecule has 0 spiro atoms. The number of hydrogen-bond acceptors (Lipinski definition) is 3. The van der Waals surface area contributed by atoms with Crippen molar-refractivity contribution in [1.29, 1.82) is 0 Å². The molecule has 0 saturated heterocycles. The molecule has 0 unspecified atom stereocenters. The van der Waals surface area contributed by atoms with Crippen LogP contribution >= 0.6 is 11.6 Å². The predicted octanol–water partition coefficient (Wildman–Crippen LogP) is 2.83. The average Bonchev–Trinajstić information content (AvgIpc) is 2.21. The molecule has 0 saturated carbocycles. The van der Waals surface area contributed by atoms with Crippen molar-refractivity contribution in [3.8, 4) is 0 Å². The summed E-state index contributed by atoms with van der Waals surface area (Å²) in [5.41, 5.74) is 1.20. The van der Waals surface area contributed by atoms with Crippen LogP contribution in [-0.4, -0.2) is 19.2 Å². The van der Waals surface area contributed by atoms with Gasteiger partial charge in [0.2, 0.25) is 10.0 Å². The van der Waals surface area contributed by atoms with Crippen LogP contribution in [0.2, 0.25) is 5.15 Å². The van der Waals surface area contributed by atoms with Crippen LogP contribution < -0.4 is 4.72 Å². The van der Waals surface area contributed by atoms with Crippen molar-refractivity contribution >= 4 is 27.3 Å². The Labute approximate surface area is 107 Å². The van der Waals surface area contributed by atoms with E-state index in [-0.39, 0.29) is 5.75 Å². The number of pyridine rings is 1. The first kappa shape index (κ1) is 14.3. The van der Waals surface area contributed by atoms with E-state index in [1.807, 2.05) is 13.8 Å². The number of aromatic nitrogens is 1. The summed E-state index contributed by atoms with van der Waals surface area (Å²) in [5, 5.41) is 0.384. The number of sulfonamides is 1. The molecule has 17 heavy (non-hydrogen) atoms. The van der Waals surface area contributed by atoms with Crippen molar-refractivity contribution in [2.45, 2.75) is 27.2 Å². The van der Waals surface area contributed by atoms with Crippen LogP contribution in [-0.2, 0) is 10.0 Å². The van der Waals surface area contributed by atoms with Gasteiger partial charge in [0.1, 0.15) is 5.15 Å². The summed E-state index contributed by atoms with van der Waals surface area (Å²) in [6.45, 7) is 5.76. The molecule has 0 atom stereocenters. The van der Waals surface area contributed by atoms with E-state index < -0.39 is 10.0 Å². The smallest absolute Gasteiger partial charge is 0.232 e. The Morgan fingerprint density at radius 1 is 1.47 bits per heavy atom. The van der Waals surface area contributed by atoms with E-state index in [4.69, 9.17) is 11.6 Å². The molecule has 0 fully saturated rings. The first-order valence-electron chi connectivity index (χ1n) is 5.43. The van der Waals surface area contributed by atoms with Crippen LogP contribution in [0.4, 0.5) is 5.69 Å². The van der Waals surface area contributed by atoms with Crippen LogP contribution in [0.3, 0.4) is 0 Å². The highest BCUT2D eigenvalue weighted by Crippen LogP contribution is 2.17. The summed E-state index contributed by atoms with van der Waals surface area (Å²) in [4.78, 5) is 3.90. The maximum atomic E-state index is 11.7. The van der Waals surface area contributed by atoms with Gasteiger partial charge in [0, 0.05) is 0 Å². The van der Waals surface area contributed by atoms with Gasteiger partial charge in [-0.1, -0.05) is 25.4 Å². The Balaban J connectivity index is 2.73. The van der Waals surface area contributed by atoms with E-state index in [1.165, 1.54) is 6.20 Å². The molecule has 1 N–H and O–H groups in total. The van der Waals surface area contributed by atoms with Gasteiger partial charge in [-0.25, -0.2) is 13.4 Å². The van der Waals surface area contributed by atoms with Gasteiger partial charge < -0.3 is 0 Å². The number of rotatable bonds is 5. The van der Waals surface area contributed by atoms with Crippen LogP contribution in [0.1, 0.15) is 25.8 Å². The molecule has 0 aliphatic heterocycles. The van der Waals surface area contributed by atoms with Crippen molar-refractivity contribution in [3.05, 3.63) is 23.0 Å². The van der Waals surface area contributed by atoms with Crippen molar-refractivity contribution < 1.29 is 8.42 Å². The zero-order valence-corrected chi connectivity index (χ0v) is 11.8. The van der Waals surface area contributed by atoms with Gasteiger partial charge in [0.05, 0.1) is 17.6 Å². The van der Waals surface area contributed by atoms with E-state index >= 15 is 0 Å². The SMILES string of the molecule is Cc1cc(NS(=O)(=O)CCC(C)C)cnc1Cl. The fourth-order valence-electron chi connectivity index (χ4n) is 1.24. The van der Waals surface area contributed by atoms with Gasteiger partial charge in [0.25, 0.3) is 0 Å². The van der Waals surface area contributed by atoms with Gasteiger partial charge in [-0.3, -0.25) is 4.72 Å². The highest BCUT2D eigenvalue weighted by Gasteiger charge is 2.12. The van der Waals surface area contributed by atoms with E-state index in [9.17, 15) is 8.42 Å². The lowest BCUT2D eigenvalue weighted by molar-refractivity contribution is 0.578. The lowest BCUT2D eigenvalue weighted by Gasteiger charge is -2.09. The average molecular weight is 277 g/mol. The molecule has 6 heteroatoms. The standard InChI is InChI=1S/C11H17ClN2O2S/c1-8(2)4-5-17(15,16)14-10-6-9(3)11(12)13-7-10/h6-8,14H,4-5H2,1-3H3. The minimum atomic E-state index is -3.29. The van der Waals surface area contributed by atoms with E-state index in [0.29, 0.717) is 23.2 Å². The summed E-state index contributed by atoms with van der Waals surface area (Å²) in [6.07, 6.45) is 2.05. The molecule has 0 aliphatic rings. The Hall–Kier alpha value is -0.810. The molecular formula is C11H17ClN2O2S. The van der Waals surface area contributed by atoms with E-state index in [2.05, 4.69) is 9.71 Å². The highest BCUT2D eigenvalue weighted by molar-refractivity contribution is 7.92. The minimum absolute atomic E-state index is 0.117. The molecule has 96 valence electrons. The van der Waals surface area contributed by atoms with Crippen molar-refractivity contribution in [1.82, 2.24) is 4.98 Å². The third kappa shape index (κ3) is 4.91. The molecular weight excluding hydrogens is 260 g/mol. The first-order valence-corrected chi connectivity index (χ1v) is 7.46. The minimum Gasteiger partial charge on any atom is -0.282 e. The molecule has 0 aliphatic carbocycles. The van der Waals surface area contributed by atoms with Gasteiger partial charge in [-0.05, 0) is 30.9 Å². The first-order chi connectivity index (χ1) is 7.80. The largest absolute Gasteiger partial charge is 0.282 e. The number of aryl methyl sites for hydroxylation is 1. The van der Waals surface area contributed by atoms with Crippen LogP contribution in [0.15, 0.2) is 12.3 Å². The molecule has 0 aromatic carbocycles. The van der Waals surface area contributed by atoms with Crippen molar-refractivity contribution in [2.24, 2.45) is 5.92 Å². The number of nitrogens with one attached hydrogen (secondary N) is 1. The zero-order valence-electron chi connectivity index (χ0n) is 10.2. The Morgan fingerprint density at radius 3 is 2.65 bits per heavy atom. The monoisotopic (exact) mass is 276 g/mol. The summed E-state index contributed by atoms with van der Waals surface area (Å²) in [6, 6.07) is 1.67. The lowest BCUT2D eigenvalue weighted by Crippen LogP contribution is -2.18. The molecule has 1 aromatic heterocycles. The topological polar surface area (TPSA) is 59.1 Å². The van der Waals surface area contributed by atoms with E-state index in [1.54, 1.807) is 13.0 Å². The molecule has 1 heterocycles. The van der Waals surface area contributed by atoms with Crippen LogP contribution in [0.25, 0.3) is 0 Å². The summed E-state index contributed by atoms with van der Waals surface area (Å²) in [5.74, 6) is 0.475. The third-order valence-electron chi connectivity index (χ3n) is 2.25. The highest BCUT2D eigenvalue weighted by atomic mass is 35.5. The zero-order chi connectivity index (χ0) is 13.1. The third-order valence-corrected chi connectivity index (χ3v) is 3.97. The molecule has 0 bridgehead atoms. The maximum Gasteiger partial charge on any atom is 0.232 e. The quantitative estimate of drug-likeness (QED) is 0.842. The summed E-state index contributed by atoms with van der Waals surface area (Å²) < 4.78 is 26.0. The second-order valence-corrected chi connectivity index (χ2v) is 6.64. The maximum absolute atomic E-state index is 11.7. The molecule has 1 aromatic rings. The van der Waals surface area contributed by atoms with E-state index in [0.717, 1.165) is 5.56 Å². The Morgan fingerprint density at radius 2 is 2.12 bits per heavy atom.